The van der Waals surface area contributed by atoms with E-state index >= 15 is 0 Å². The van der Waals surface area contributed by atoms with Gasteiger partial charge in [-0.2, -0.15) is 4.37 Å². The van der Waals surface area contributed by atoms with E-state index in [2.05, 4.69) is 13.8 Å². The van der Waals surface area contributed by atoms with E-state index in [0.29, 0.717) is 0 Å². The number of carbonyl (C=O) groups excluding carboxylic acids is 1. The van der Waals surface area contributed by atoms with Crippen molar-refractivity contribution in [1.29, 1.82) is 0 Å². The summed E-state index contributed by atoms with van der Waals surface area (Å²) < 4.78 is 35.2. The van der Waals surface area contributed by atoms with Gasteiger partial charge < -0.3 is 9.84 Å². The minimum Gasteiger partial charge on any atom is -0.481 e. The SMILES string of the molecule is COC(=O)c1nscc1S(=O)(=O)NC(C)(C)CCC(=O)O. The van der Waals surface area contributed by atoms with Crippen LogP contribution >= 0.6 is 11.5 Å². The minimum atomic E-state index is -4.00. The zero-order chi connectivity index (χ0) is 16.3. The van der Waals surface area contributed by atoms with Gasteiger partial charge in [0.25, 0.3) is 0 Å². The summed E-state index contributed by atoms with van der Waals surface area (Å²) in [5, 5.41) is 9.89. The average Bonchev–Trinajstić information content (AvgIpc) is 2.84. The van der Waals surface area contributed by atoms with Crippen LogP contribution < -0.4 is 4.72 Å². The number of carboxylic acid groups (broad SMARTS) is 1. The summed E-state index contributed by atoms with van der Waals surface area (Å²) in [7, 11) is -2.88. The molecule has 1 aromatic rings. The summed E-state index contributed by atoms with van der Waals surface area (Å²) in [6.07, 6.45) is -0.0754. The Kier molecular flexibility index (Phi) is 5.42. The Labute approximate surface area is 126 Å². The van der Waals surface area contributed by atoms with Crippen molar-refractivity contribution in [2.45, 2.75) is 37.1 Å². The molecule has 1 heterocycles. The number of hydrogen-bond donors (Lipinski definition) is 2. The first-order chi connectivity index (χ1) is 9.59. The Hall–Kier alpha value is -1.52. The van der Waals surface area contributed by atoms with Gasteiger partial charge in [-0.1, -0.05) is 0 Å². The maximum atomic E-state index is 12.3. The topological polar surface area (TPSA) is 123 Å². The van der Waals surface area contributed by atoms with Crippen LogP contribution in [0.15, 0.2) is 10.3 Å². The number of esters is 1. The lowest BCUT2D eigenvalue weighted by molar-refractivity contribution is -0.137. The number of nitrogens with zero attached hydrogens (tertiary/aromatic N) is 1. The molecule has 1 rings (SSSR count). The van der Waals surface area contributed by atoms with Gasteiger partial charge in [0, 0.05) is 17.3 Å². The predicted octanol–water partition coefficient (Wildman–Crippen LogP) is 0.851. The monoisotopic (exact) mass is 336 g/mol. The second-order valence-corrected chi connectivity index (χ2v) is 7.18. The zero-order valence-electron chi connectivity index (χ0n) is 11.7. The molecule has 1 aromatic heterocycles. The predicted molar refractivity (Wildman–Crippen MR) is 74.7 cm³/mol. The van der Waals surface area contributed by atoms with Gasteiger partial charge in [-0.25, -0.2) is 17.9 Å². The largest absolute Gasteiger partial charge is 0.481 e. The Morgan fingerprint density at radius 3 is 2.62 bits per heavy atom. The van der Waals surface area contributed by atoms with Gasteiger partial charge in [0.1, 0.15) is 4.90 Å². The molecule has 0 aromatic carbocycles. The highest BCUT2D eigenvalue weighted by Gasteiger charge is 2.31. The van der Waals surface area contributed by atoms with E-state index in [4.69, 9.17) is 5.11 Å². The first-order valence-corrected chi connectivity index (χ1v) is 8.19. The molecule has 0 bridgehead atoms. The molecule has 0 atom stereocenters. The highest BCUT2D eigenvalue weighted by molar-refractivity contribution is 7.89. The number of hydrogen-bond acceptors (Lipinski definition) is 7. The van der Waals surface area contributed by atoms with E-state index in [0.717, 1.165) is 18.6 Å². The van der Waals surface area contributed by atoms with E-state index in [1.807, 2.05) is 0 Å². The van der Waals surface area contributed by atoms with Crippen molar-refractivity contribution >= 4 is 33.5 Å². The number of methoxy groups -OCH3 is 1. The zero-order valence-corrected chi connectivity index (χ0v) is 13.4. The first kappa shape index (κ1) is 17.5. The summed E-state index contributed by atoms with van der Waals surface area (Å²) >= 11 is 0.817. The molecule has 0 aliphatic rings. The Morgan fingerprint density at radius 1 is 1.48 bits per heavy atom. The summed E-state index contributed by atoms with van der Waals surface area (Å²) in [5.41, 5.74) is -1.27. The highest BCUT2D eigenvalue weighted by atomic mass is 32.2. The third kappa shape index (κ3) is 4.76. The number of aromatic nitrogens is 1. The fraction of sp³-hybridized carbons (Fsp3) is 0.545. The lowest BCUT2D eigenvalue weighted by Crippen LogP contribution is -2.43. The van der Waals surface area contributed by atoms with Crippen molar-refractivity contribution in [3.8, 4) is 0 Å². The average molecular weight is 336 g/mol. The Morgan fingerprint density at radius 2 is 2.10 bits per heavy atom. The molecule has 0 amide bonds. The Bertz CT molecular complexity index is 635. The van der Waals surface area contributed by atoms with Gasteiger partial charge >= 0.3 is 11.9 Å². The number of carboxylic acids is 1. The van der Waals surface area contributed by atoms with Crippen molar-refractivity contribution < 1.29 is 27.9 Å². The Balaban J connectivity index is 2.99. The second kappa shape index (κ2) is 6.50. The normalized spacial score (nSPS) is 12.1. The van der Waals surface area contributed by atoms with Gasteiger partial charge in [0.05, 0.1) is 7.11 Å². The number of ether oxygens (including phenoxy) is 1. The standard InChI is InChI=1S/C11H16N2O6S2/c1-11(2,5-4-8(14)15)13-21(17,18)7-6-20-12-9(7)10(16)19-3/h6,13H,4-5H2,1-3H3,(H,14,15). The van der Waals surface area contributed by atoms with Crippen molar-refractivity contribution in [3.05, 3.63) is 11.1 Å². The lowest BCUT2D eigenvalue weighted by Gasteiger charge is -2.25. The summed E-state index contributed by atoms with van der Waals surface area (Å²) in [5.74, 6) is -1.87. The van der Waals surface area contributed by atoms with E-state index < -0.39 is 27.5 Å². The van der Waals surface area contributed by atoms with Crippen LogP contribution in [0.4, 0.5) is 0 Å². The van der Waals surface area contributed by atoms with E-state index in [-0.39, 0.29) is 23.4 Å². The third-order valence-corrected chi connectivity index (χ3v) is 5.07. The highest BCUT2D eigenvalue weighted by Crippen LogP contribution is 2.21. The molecule has 0 radical (unpaired) electrons. The van der Waals surface area contributed by atoms with Crippen molar-refractivity contribution in [3.63, 3.8) is 0 Å². The summed E-state index contributed by atoms with van der Waals surface area (Å²) in [6.45, 7) is 3.12. The van der Waals surface area contributed by atoms with Gasteiger partial charge in [0.15, 0.2) is 5.69 Å². The van der Waals surface area contributed by atoms with Crippen molar-refractivity contribution in [2.24, 2.45) is 0 Å². The van der Waals surface area contributed by atoms with E-state index in [1.165, 1.54) is 5.38 Å². The summed E-state index contributed by atoms with van der Waals surface area (Å²) in [6, 6.07) is 0. The molecule has 10 heteroatoms. The molecule has 0 aliphatic heterocycles. The second-order valence-electron chi connectivity index (χ2n) is 4.90. The molecular formula is C11H16N2O6S2. The molecular weight excluding hydrogens is 320 g/mol. The van der Waals surface area contributed by atoms with Crippen LogP contribution in [0.2, 0.25) is 0 Å². The molecule has 118 valence electrons. The van der Waals surface area contributed by atoms with E-state index in [1.54, 1.807) is 13.8 Å². The maximum Gasteiger partial charge on any atom is 0.359 e. The van der Waals surface area contributed by atoms with Gasteiger partial charge in [0.2, 0.25) is 10.0 Å². The molecule has 0 spiro atoms. The number of rotatable bonds is 7. The van der Waals surface area contributed by atoms with Crippen LogP contribution in [-0.4, -0.2) is 42.5 Å². The fourth-order valence-electron chi connectivity index (χ4n) is 1.54. The van der Waals surface area contributed by atoms with Crippen molar-refractivity contribution in [2.75, 3.05) is 7.11 Å². The molecule has 0 saturated carbocycles. The van der Waals surface area contributed by atoms with Crippen LogP contribution in [0.5, 0.6) is 0 Å². The fourth-order valence-corrected chi connectivity index (χ4v) is 4.10. The molecule has 0 unspecified atom stereocenters. The number of sulfonamides is 1. The van der Waals surface area contributed by atoms with E-state index in [9.17, 15) is 18.0 Å². The summed E-state index contributed by atoms with van der Waals surface area (Å²) in [4.78, 5) is 21.8. The van der Waals surface area contributed by atoms with Crippen molar-refractivity contribution in [1.82, 2.24) is 9.10 Å². The maximum absolute atomic E-state index is 12.3. The first-order valence-electron chi connectivity index (χ1n) is 5.87. The van der Waals surface area contributed by atoms with Gasteiger partial charge in [-0.15, -0.1) is 0 Å². The molecule has 8 nitrogen and oxygen atoms in total. The van der Waals surface area contributed by atoms with Crippen LogP contribution in [0.25, 0.3) is 0 Å². The molecule has 21 heavy (non-hydrogen) atoms. The molecule has 0 fully saturated rings. The molecule has 0 aliphatic carbocycles. The van der Waals surface area contributed by atoms with Crippen LogP contribution in [0.1, 0.15) is 37.2 Å². The third-order valence-electron chi connectivity index (χ3n) is 2.58. The van der Waals surface area contributed by atoms with Crippen LogP contribution in [0.3, 0.4) is 0 Å². The molecule has 2 N–H and O–H groups in total. The number of carbonyl (C=O) groups is 2. The number of nitrogens with one attached hydrogen (secondary N) is 1. The quantitative estimate of drug-likeness (QED) is 0.708. The van der Waals surface area contributed by atoms with Gasteiger partial charge in [-0.05, 0) is 31.8 Å². The smallest absolute Gasteiger partial charge is 0.359 e. The van der Waals surface area contributed by atoms with Crippen LogP contribution in [-0.2, 0) is 19.6 Å². The lowest BCUT2D eigenvalue weighted by atomic mass is 10.0. The molecule has 0 saturated heterocycles. The van der Waals surface area contributed by atoms with Gasteiger partial charge in [-0.3, -0.25) is 4.79 Å². The number of aliphatic carboxylic acids is 1. The van der Waals surface area contributed by atoms with Crippen LogP contribution in [0, 0.1) is 0 Å². The minimum absolute atomic E-state index is 0.104.